The van der Waals surface area contributed by atoms with E-state index in [1.165, 1.54) is 5.56 Å². The van der Waals surface area contributed by atoms with Gasteiger partial charge in [-0.05, 0) is 31.6 Å². The van der Waals surface area contributed by atoms with Gasteiger partial charge >= 0.3 is 0 Å². The summed E-state index contributed by atoms with van der Waals surface area (Å²) in [5.41, 5.74) is 7.60. The Balaban J connectivity index is 2.57. The van der Waals surface area contributed by atoms with Gasteiger partial charge in [0.05, 0.1) is 19.1 Å². The number of rotatable bonds is 8. The second kappa shape index (κ2) is 9.17. The average molecular weight is 306 g/mol. The van der Waals surface area contributed by atoms with E-state index in [0.29, 0.717) is 6.54 Å². The van der Waals surface area contributed by atoms with Gasteiger partial charge < -0.3 is 21.3 Å². The minimum absolute atomic E-state index is 0.0506. The smallest absolute Gasteiger partial charge is 0.239 e. The molecule has 0 spiro atoms. The van der Waals surface area contributed by atoms with Crippen LogP contribution < -0.4 is 16.4 Å². The molecule has 0 aliphatic carbocycles. The quantitative estimate of drug-likeness (QED) is 0.633. The van der Waals surface area contributed by atoms with Crippen LogP contribution in [0.2, 0.25) is 0 Å². The number of hydrogen-bond donors (Lipinski definition) is 3. The van der Waals surface area contributed by atoms with Crippen LogP contribution in [0.1, 0.15) is 24.1 Å². The Morgan fingerprint density at radius 3 is 2.27 bits per heavy atom. The van der Waals surface area contributed by atoms with Crippen molar-refractivity contribution in [1.29, 1.82) is 0 Å². The predicted molar refractivity (Wildman–Crippen MR) is 87.3 cm³/mol. The Hall–Kier alpha value is -1.92. The van der Waals surface area contributed by atoms with E-state index in [4.69, 9.17) is 5.73 Å². The summed E-state index contributed by atoms with van der Waals surface area (Å²) in [6.07, 6.45) is 1.00. The van der Waals surface area contributed by atoms with Crippen molar-refractivity contribution in [1.82, 2.24) is 15.5 Å². The minimum Gasteiger partial charge on any atom is -0.353 e. The van der Waals surface area contributed by atoms with E-state index in [1.54, 1.807) is 0 Å². The van der Waals surface area contributed by atoms with Crippen LogP contribution in [0, 0.1) is 0 Å². The van der Waals surface area contributed by atoms with Crippen LogP contribution >= 0.6 is 0 Å². The molecule has 2 amide bonds. The maximum Gasteiger partial charge on any atom is 0.239 e. The molecule has 0 saturated heterocycles. The molecule has 1 aromatic carbocycles. The van der Waals surface area contributed by atoms with Crippen LogP contribution in [0.3, 0.4) is 0 Å². The SMILES string of the molecule is CCc1ccc(C(CNC(=O)CNC(=O)CN)N(C)C)cc1. The van der Waals surface area contributed by atoms with E-state index < -0.39 is 0 Å². The van der Waals surface area contributed by atoms with Gasteiger partial charge in [-0.3, -0.25) is 9.59 Å². The third kappa shape index (κ3) is 5.83. The van der Waals surface area contributed by atoms with Crippen molar-refractivity contribution in [3.05, 3.63) is 35.4 Å². The molecule has 0 fully saturated rings. The van der Waals surface area contributed by atoms with Crippen LogP contribution in [-0.4, -0.2) is 50.4 Å². The Bertz CT molecular complexity index is 485. The largest absolute Gasteiger partial charge is 0.353 e. The fourth-order valence-corrected chi connectivity index (χ4v) is 2.10. The molecular weight excluding hydrogens is 280 g/mol. The van der Waals surface area contributed by atoms with Gasteiger partial charge in [-0.15, -0.1) is 0 Å². The van der Waals surface area contributed by atoms with E-state index in [-0.39, 0.29) is 30.9 Å². The van der Waals surface area contributed by atoms with E-state index in [1.807, 2.05) is 14.1 Å². The summed E-state index contributed by atoms with van der Waals surface area (Å²) in [6, 6.07) is 8.47. The number of nitrogens with two attached hydrogens (primary N) is 1. The van der Waals surface area contributed by atoms with Crippen molar-refractivity contribution in [2.75, 3.05) is 33.7 Å². The van der Waals surface area contributed by atoms with Crippen molar-refractivity contribution < 1.29 is 9.59 Å². The van der Waals surface area contributed by atoms with E-state index >= 15 is 0 Å². The van der Waals surface area contributed by atoms with Gasteiger partial charge in [0.1, 0.15) is 0 Å². The molecule has 4 N–H and O–H groups in total. The van der Waals surface area contributed by atoms with Crippen LogP contribution in [0.15, 0.2) is 24.3 Å². The molecule has 6 nitrogen and oxygen atoms in total. The van der Waals surface area contributed by atoms with Gasteiger partial charge in [0.2, 0.25) is 11.8 Å². The van der Waals surface area contributed by atoms with Crippen LogP contribution in [-0.2, 0) is 16.0 Å². The lowest BCUT2D eigenvalue weighted by atomic mass is 10.0. The number of nitrogens with one attached hydrogen (secondary N) is 2. The fourth-order valence-electron chi connectivity index (χ4n) is 2.10. The number of carbonyl (C=O) groups excluding carboxylic acids is 2. The molecule has 0 aliphatic heterocycles. The summed E-state index contributed by atoms with van der Waals surface area (Å²) in [5.74, 6) is -0.562. The molecule has 6 heteroatoms. The number of aryl methyl sites for hydroxylation is 1. The summed E-state index contributed by atoms with van der Waals surface area (Å²) < 4.78 is 0. The summed E-state index contributed by atoms with van der Waals surface area (Å²) in [7, 11) is 3.95. The monoisotopic (exact) mass is 306 g/mol. The summed E-state index contributed by atoms with van der Waals surface area (Å²) in [6.45, 7) is 2.44. The molecule has 0 saturated carbocycles. The minimum atomic E-state index is -0.338. The third-order valence-corrected chi connectivity index (χ3v) is 3.52. The first-order valence-corrected chi connectivity index (χ1v) is 7.46. The molecule has 0 aliphatic rings. The van der Waals surface area contributed by atoms with Crippen molar-refractivity contribution in [3.8, 4) is 0 Å². The van der Waals surface area contributed by atoms with Gasteiger partial charge in [0.25, 0.3) is 0 Å². The Morgan fingerprint density at radius 1 is 1.14 bits per heavy atom. The fraction of sp³-hybridized carbons (Fsp3) is 0.500. The van der Waals surface area contributed by atoms with Gasteiger partial charge in [-0.2, -0.15) is 0 Å². The lowest BCUT2D eigenvalue weighted by molar-refractivity contribution is -0.125. The molecular formula is C16H26N4O2. The first kappa shape index (κ1) is 18.1. The van der Waals surface area contributed by atoms with E-state index in [2.05, 4.69) is 46.7 Å². The standard InChI is InChI=1S/C16H26N4O2/c1-4-12-5-7-13(8-6-12)14(20(2)3)10-18-16(22)11-19-15(21)9-17/h5-8,14H,4,9-11,17H2,1-3H3,(H,18,22)(H,19,21). The Kier molecular flexibility index (Phi) is 7.56. The molecule has 0 bridgehead atoms. The van der Waals surface area contributed by atoms with E-state index in [9.17, 15) is 9.59 Å². The lowest BCUT2D eigenvalue weighted by Gasteiger charge is -2.25. The summed E-state index contributed by atoms with van der Waals surface area (Å²) >= 11 is 0. The van der Waals surface area contributed by atoms with Gasteiger partial charge in [0.15, 0.2) is 0 Å². The first-order valence-electron chi connectivity index (χ1n) is 7.46. The average Bonchev–Trinajstić information content (AvgIpc) is 2.53. The molecule has 0 heterocycles. The first-order chi connectivity index (χ1) is 10.5. The number of benzene rings is 1. The second-order valence-electron chi connectivity index (χ2n) is 5.36. The zero-order chi connectivity index (χ0) is 16.5. The van der Waals surface area contributed by atoms with Crippen molar-refractivity contribution >= 4 is 11.8 Å². The number of nitrogens with zero attached hydrogens (tertiary/aromatic N) is 1. The number of carbonyl (C=O) groups is 2. The van der Waals surface area contributed by atoms with Crippen molar-refractivity contribution in [3.63, 3.8) is 0 Å². The Labute approximate surface area is 132 Å². The van der Waals surface area contributed by atoms with Crippen molar-refractivity contribution in [2.24, 2.45) is 5.73 Å². The molecule has 1 unspecified atom stereocenters. The molecule has 22 heavy (non-hydrogen) atoms. The highest BCUT2D eigenvalue weighted by atomic mass is 16.2. The molecule has 0 radical (unpaired) electrons. The third-order valence-electron chi connectivity index (χ3n) is 3.52. The Morgan fingerprint density at radius 2 is 1.77 bits per heavy atom. The highest BCUT2D eigenvalue weighted by Crippen LogP contribution is 2.18. The molecule has 1 rings (SSSR count). The normalized spacial score (nSPS) is 12.0. The summed E-state index contributed by atoms with van der Waals surface area (Å²) in [5, 5.41) is 5.28. The second-order valence-corrected chi connectivity index (χ2v) is 5.36. The zero-order valence-electron chi connectivity index (χ0n) is 13.6. The maximum atomic E-state index is 11.7. The predicted octanol–water partition coefficient (Wildman–Crippen LogP) is 0.0428. The van der Waals surface area contributed by atoms with Gasteiger partial charge in [-0.1, -0.05) is 31.2 Å². The molecule has 122 valence electrons. The molecule has 1 atom stereocenters. The topological polar surface area (TPSA) is 87.5 Å². The molecule has 0 aromatic heterocycles. The van der Waals surface area contributed by atoms with E-state index in [0.717, 1.165) is 12.0 Å². The zero-order valence-corrected chi connectivity index (χ0v) is 13.6. The highest BCUT2D eigenvalue weighted by molar-refractivity contribution is 5.85. The number of hydrogen-bond acceptors (Lipinski definition) is 4. The van der Waals surface area contributed by atoms with Crippen LogP contribution in [0.5, 0.6) is 0 Å². The molecule has 1 aromatic rings. The van der Waals surface area contributed by atoms with Crippen LogP contribution in [0.25, 0.3) is 0 Å². The van der Waals surface area contributed by atoms with Gasteiger partial charge in [-0.25, -0.2) is 0 Å². The number of likely N-dealkylation sites (N-methyl/N-ethyl adjacent to an activating group) is 1. The number of amides is 2. The van der Waals surface area contributed by atoms with Gasteiger partial charge in [0, 0.05) is 6.54 Å². The lowest BCUT2D eigenvalue weighted by Crippen LogP contribution is -2.42. The maximum absolute atomic E-state index is 11.7. The van der Waals surface area contributed by atoms with Crippen LogP contribution in [0.4, 0.5) is 0 Å². The highest BCUT2D eigenvalue weighted by Gasteiger charge is 2.15. The van der Waals surface area contributed by atoms with Crippen molar-refractivity contribution in [2.45, 2.75) is 19.4 Å². The summed E-state index contributed by atoms with van der Waals surface area (Å²) in [4.78, 5) is 24.8.